The summed E-state index contributed by atoms with van der Waals surface area (Å²) in [6.45, 7) is 4.57. The number of aliphatic hydroxyl groups is 1. The summed E-state index contributed by atoms with van der Waals surface area (Å²) < 4.78 is 0. The highest BCUT2D eigenvalue weighted by Crippen LogP contribution is 2.40. The van der Waals surface area contributed by atoms with Crippen molar-refractivity contribution in [2.24, 2.45) is 5.92 Å². The molecule has 2 unspecified atom stereocenters. The molecule has 2 atom stereocenters. The van der Waals surface area contributed by atoms with Gasteiger partial charge in [-0.2, -0.15) is 0 Å². The van der Waals surface area contributed by atoms with Gasteiger partial charge in [0.1, 0.15) is 0 Å². The molecule has 1 aliphatic carbocycles. The first-order valence-electron chi connectivity index (χ1n) is 12.0. The second-order valence-corrected chi connectivity index (χ2v) is 8.83. The fourth-order valence-electron chi connectivity index (χ4n) is 4.77. The number of rotatable bonds is 16. The van der Waals surface area contributed by atoms with Crippen LogP contribution in [0.4, 0.5) is 0 Å². The Hall–Kier alpha value is -0.0400. The maximum Gasteiger partial charge on any atom is 0.0675 e. The number of unbranched alkanes of at least 4 members (excludes halogenated alkanes) is 12. The Kier molecular flexibility index (Phi) is 13.9. The molecule has 1 aliphatic rings. The third-order valence-corrected chi connectivity index (χ3v) is 6.54. The highest BCUT2D eigenvalue weighted by atomic mass is 16.3. The maximum atomic E-state index is 11.2. The molecule has 0 heterocycles. The SMILES string of the molecule is CCCCCCCCCC1CCCCC1(O)CCCCCCCCC. The van der Waals surface area contributed by atoms with E-state index in [1.165, 1.54) is 116 Å². The van der Waals surface area contributed by atoms with Crippen LogP contribution < -0.4 is 0 Å². The summed E-state index contributed by atoms with van der Waals surface area (Å²) in [5, 5.41) is 11.2. The van der Waals surface area contributed by atoms with Crippen LogP contribution in [-0.2, 0) is 0 Å². The Balaban J connectivity index is 2.15. The van der Waals surface area contributed by atoms with Crippen molar-refractivity contribution in [1.82, 2.24) is 0 Å². The molecule has 0 aromatic rings. The minimum atomic E-state index is -0.316. The lowest BCUT2D eigenvalue weighted by atomic mass is 9.70. The smallest absolute Gasteiger partial charge is 0.0675 e. The predicted molar refractivity (Wildman–Crippen MR) is 112 cm³/mol. The summed E-state index contributed by atoms with van der Waals surface area (Å²) in [5.41, 5.74) is -0.316. The van der Waals surface area contributed by atoms with Crippen molar-refractivity contribution >= 4 is 0 Å². The molecule has 0 aliphatic heterocycles. The highest BCUT2D eigenvalue weighted by molar-refractivity contribution is 4.89. The van der Waals surface area contributed by atoms with Gasteiger partial charge in [0.15, 0.2) is 0 Å². The molecule has 0 radical (unpaired) electrons. The topological polar surface area (TPSA) is 20.2 Å². The van der Waals surface area contributed by atoms with Crippen LogP contribution in [0.15, 0.2) is 0 Å². The normalized spacial score (nSPS) is 23.9. The van der Waals surface area contributed by atoms with Crippen molar-refractivity contribution < 1.29 is 5.11 Å². The zero-order valence-electron chi connectivity index (χ0n) is 17.7. The summed E-state index contributed by atoms with van der Waals surface area (Å²) >= 11 is 0. The fourth-order valence-corrected chi connectivity index (χ4v) is 4.77. The van der Waals surface area contributed by atoms with E-state index in [4.69, 9.17) is 0 Å². The predicted octanol–water partition coefficient (Wildman–Crippen LogP) is 8.19. The van der Waals surface area contributed by atoms with Crippen molar-refractivity contribution in [3.63, 3.8) is 0 Å². The van der Waals surface area contributed by atoms with Crippen molar-refractivity contribution in [2.45, 2.75) is 148 Å². The van der Waals surface area contributed by atoms with E-state index in [1.54, 1.807) is 0 Å². The van der Waals surface area contributed by atoms with Gasteiger partial charge in [-0.15, -0.1) is 0 Å². The molecule has 150 valence electrons. The summed E-state index contributed by atoms with van der Waals surface area (Å²) in [7, 11) is 0. The van der Waals surface area contributed by atoms with E-state index in [-0.39, 0.29) is 5.60 Å². The molecule has 0 aromatic heterocycles. The minimum Gasteiger partial charge on any atom is -0.390 e. The van der Waals surface area contributed by atoms with Gasteiger partial charge in [0.25, 0.3) is 0 Å². The molecule has 25 heavy (non-hydrogen) atoms. The molecule has 0 saturated heterocycles. The van der Waals surface area contributed by atoms with E-state index in [0.29, 0.717) is 5.92 Å². The Bertz CT molecular complexity index is 288. The Morgan fingerprint density at radius 3 is 1.80 bits per heavy atom. The van der Waals surface area contributed by atoms with E-state index in [2.05, 4.69) is 13.8 Å². The van der Waals surface area contributed by atoms with Gasteiger partial charge in [0.05, 0.1) is 5.60 Å². The molecule has 1 heteroatoms. The summed E-state index contributed by atoms with van der Waals surface area (Å²) in [5.74, 6) is 0.594. The van der Waals surface area contributed by atoms with Crippen LogP contribution in [0.2, 0.25) is 0 Å². The van der Waals surface area contributed by atoms with E-state index in [0.717, 1.165) is 12.8 Å². The van der Waals surface area contributed by atoms with E-state index < -0.39 is 0 Å². The minimum absolute atomic E-state index is 0.316. The summed E-state index contributed by atoms with van der Waals surface area (Å²) in [4.78, 5) is 0. The zero-order chi connectivity index (χ0) is 18.2. The first-order valence-corrected chi connectivity index (χ1v) is 12.0. The molecule has 0 bridgehead atoms. The van der Waals surface area contributed by atoms with Gasteiger partial charge in [-0.1, -0.05) is 117 Å². The molecule has 1 saturated carbocycles. The average molecular weight is 353 g/mol. The van der Waals surface area contributed by atoms with Crippen LogP contribution in [-0.4, -0.2) is 10.7 Å². The lowest BCUT2D eigenvalue weighted by molar-refractivity contribution is -0.0603. The van der Waals surface area contributed by atoms with Crippen LogP contribution in [0.5, 0.6) is 0 Å². The van der Waals surface area contributed by atoms with Gasteiger partial charge in [0.2, 0.25) is 0 Å². The monoisotopic (exact) mass is 352 g/mol. The molecule has 0 amide bonds. The van der Waals surface area contributed by atoms with Gasteiger partial charge >= 0.3 is 0 Å². The second kappa shape index (κ2) is 15.1. The zero-order valence-corrected chi connectivity index (χ0v) is 17.7. The fraction of sp³-hybridized carbons (Fsp3) is 1.00. The Morgan fingerprint density at radius 1 is 0.680 bits per heavy atom. The highest BCUT2D eigenvalue weighted by Gasteiger charge is 2.37. The molecule has 0 aromatic carbocycles. The molecule has 1 nitrogen and oxygen atoms in total. The van der Waals surface area contributed by atoms with Gasteiger partial charge in [-0.25, -0.2) is 0 Å². The number of hydrogen-bond donors (Lipinski definition) is 1. The van der Waals surface area contributed by atoms with E-state index in [1.807, 2.05) is 0 Å². The van der Waals surface area contributed by atoms with E-state index >= 15 is 0 Å². The molecular weight excluding hydrogens is 304 g/mol. The van der Waals surface area contributed by atoms with Crippen LogP contribution in [0.1, 0.15) is 142 Å². The quantitative estimate of drug-likeness (QED) is 0.278. The third-order valence-electron chi connectivity index (χ3n) is 6.54. The molecule has 0 spiro atoms. The largest absolute Gasteiger partial charge is 0.390 e. The first kappa shape index (κ1) is 23.0. The van der Waals surface area contributed by atoms with Crippen molar-refractivity contribution in [3.8, 4) is 0 Å². The van der Waals surface area contributed by atoms with Gasteiger partial charge in [-0.05, 0) is 31.6 Å². The van der Waals surface area contributed by atoms with Crippen molar-refractivity contribution in [3.05, 3.63) is 0 Å². The molecule has 1 fully saturated rings. The van der Waals surface area contributed by atoms with Gasteiger partial charge in [-0.3, -0.25) is 0 Å². The van der Waals surface area contributed by atoms with Crippen molar-refractivity contribution in [2.75, 3.05) is 0 Å². The van der Waals surface area contributed by atoms with Crippen LogP contribution in [0, 0.1) is 5.92 Å². The van der Waals surface area contributed by atoms with Gasteiger partial charge in [0, 0.05) is 0 Å². The van der Waals surface area contributed by atoms with Crippen LogP contribution in [0.25, 0.3) is 0 Å². The first-order chi connectivity index (χ1) is 12.2. The summed E-state index contributed by atoms with van der Waals surface area (Å²) in [6, 6.07) is 0. The van der Waals surface area contributed by atoms with Gasteiger partial charge < -0.3 is 5.11 Å². The van der Waals surface area contributed by atoms with Crippen molar-refractivity contribution in [1.29, 1.82) is 0 Å². The second-order valence-electron chi connectivity index (χ2n) is 8.83. The number of hydrogen-bond acceptors (Lipinski definition) is 1. The Morgan fingerprint density at radius 2 is 1.20 bits per heavy atom. The maximum absolute atomic E-state index is 11.2. The lowest BCUT2D eigenvalue weighted by Crippen LogP contribution is -2.40. The summed E-state index contributed by atoms with van der Waals surface area (Å²) in [6.07, 6.45) is 26.5. The van der Waals surface area contributed by atoms with E-state index in [9.17, 15) is 5.11 Å². The van der Waals surface area contributed by atoms with Crippen LogP contribution >= 0.6 is 0 Å². The molecular formula is C24H48O. The van der Waals surface area contributed by atoms with Crippen LogP contribution in [0.3, 0.4) is 0 Å². The molecule has 1 N–H and O–H groups in total. The third kappa shape index (κ3) is 10.6. The Labute approximate surface area is 159 Å². The molecule has 1 rings (SSSR count). The lowest BCUT2D eigenvalue weighted by Gasteiger charge is -2.40. The average Bonchev–Trinajstić information content (AvgIpc) is 2.62. The standard InChI is InChI=1S/C24H48O/c1-3-5-7-9-11-13-15-19-23-20-16-18-22-24(23,25)21-17-14-12-10-8-6-4-2/h23,25H,3-22H2,1-2H3.